The first-order valence-electron chi connectivity index (χ1n) is 7.14. The van der Waals surface area contributed by atoms with Gasteiger partial charge in [-0.15, -0.1) is 0 Å². The molecule has 5 heteroatoms. The average molecular weight is 290 g/mol. The number of benzene rings is 1. The Morgan fingerprint density at radius 3 is 3.05 bits per heavy atom. The molecule has 1 aliphatic carbocycles. The summed E-state index contributed by atoms with van der Waals surface area (Å²) in [5, 5.41) is 9.03. The third-order valence-corrected chi connectivity index (χ3v) is 4.66. The molecule has 1 aromatic rings. The lowest BCUT2D eigenvalue weighted by atomic mass is 9.66. The molecule has 0 saturated heterocycles. The molecule has 0 spiro atoms. The van der Waals surface area contributed by atoms with Crippen LogP contribution in [0.15, 0.2) is 18.2 Å². The number of carboxylic acids is 1. The predicted octanol–water partition coefficient (Wildman–Crippen LogP) is 2.31. The normalized spacial score (nSPS) is 26.7. The highest BCUT2D eigenvalue weighted by molar-refractivity contribution is 5.81. The molecule has 21 heavy (non-hydrogen) atoms. The number of rotatable bonds is 4. The summed E-state index contributed by atoms with van der Waals surface area (Å²) in [5.41, 5.74) is 0.608. The molecule has 1 N–H and O–H groups in total. The molecule has 5 nitrogen and oxygen atoms in total. The second-order valence-corrected chi connectivity index (χ2v) is 5.74. The molecule has 0 radical (unpaired) electrons. The van der Waals surface area contributed by atoms with Crippen molar-refractivity contribution >= 4 is 11.8 Å². The SMILES string of the molecule is COc1cccc2c1O[C@H]1CC(=O)CC[C@@]21CCC(=O)O. The minimum Gasteiger partial charge on any atom is -0.493 e. The van der Waals surface area contributed by atoms with Crippen molar-refractivity contribution in [2.45, 2.75) is 43.6 Å². The van der Waals surface area contributed by atoms with Crippen LogP contribution in [0.2, 0.25) is 0 Å². The van der Waals surface area contributed by atoms with E-state index in [0.29, 0.717) is 37.2 Å². The highest BCUT2D eigenvalue weighted by atomic mass is 16.5. The molecular weight excluding hydrogens is 272 g/mol. The largest absolute Gasteiger partial charge is 0.493 e. The van der Waals surface area contributed by atoms with E-state index in [1.165, 1.54) is 0 Å². The van der Waals surface area contributed by atoms with Crippen LogP contribution in [0.5, 0.6) is 11.5 Å². The molecule has 112 valence electrons. The number of ketones is 1. The van der Waals surface area contributed by atoms with Crippen molar-refractivity contribution in [3.05, 3.63) is 23.8 Å². The van der Waals surface area contributed by atoms with E-state index in [1.807, 2.05) is 18.2 Å². The van der Waals surface area contributed by atoms with Crippen LogP contribution in [-0.2, 0) is 15.0 Å². The molecule has 1 aromatic carbocycles. The van der Waals surface area contributed by atoms with E-state index in [2.05, 4.69) is 0 Å². The lowest BCUT2D eigenvalue weighted by molar-refractivity contribution is -0.137. The third-order valence-electron chi connectivity index (χ3n) is 4.66. The molecule has 2 aliphatic rings. The van der Waals surface area contributed by atoms with E-state index in [-0.39, 0.29) is 23.7 Å². The van der Waals surface area contributed by atoms with Gasteiger partial charge in [0.1, 0.15) is 11.9 Å². The molecule has 2 atom stereocenters. The number of aliphatic carboxylic acids is 1. The number of fused-ring (bicyclic) bond motifs is 3. The van der Waals surface area contributed by atoms with Crippen LogP contribution < -0.4 is 9.47 Å². The molecule has 1 heterocycles. The Labute approximate surface area is 122 Å². The molecule has 3 rings (SSSR count). The number of carbonyl (C=O) groups excluding carboxylic acids is 1. The Morgan fingerprint density at radius 2 is 2.33 bits per heavy atom. The Bertz CT molecular complexity index is 594. The van der Waals surface area contributed by atoms with Crippen LogP contribution in [0.3, 0.4) is 0 Å². The van der Waals surface area contributed by atoms with Gasteiger partial charge in [0.05, 0.1) is 7.11 Å². The minimum atomic E-state index is -0.823. The Hall–Kier alpha value is -2.04. The number of methoxy groups -OCH3 is 1. The highest BCUT2D eigenvalue weighted by Crippen LogP contribution is 2.54. The fraction of sp³-hybridized carbons (Fsp3) is 0.500. The maximum absolute atomic E-state index is 11.8. The van der Waals surface area contributed by atoms with Crippen LogP contribution in [-0.4, -0.2) is 30.1 Å². The van der Waals surface area contributed by atoms with E-state index in [1.54, 1.807) is 7.11 Å². The van der Waals surface area contributed by atoms with Crippen LogP contribution in [0.25, 0.3) is 0 Å². The lowest BCUT2D eigenvalue weighted by Gasteiger charge is -2.37. The van der Waals surface area contributed by atoms with Gasteiger partial charge in [-0.1, -0.05) is 12.1 Å². The van der Waals surface area contributed by atoms with Gasteiger partial charge in [0.2, 0.25) is 0 Å². The summed E-state index contributed by atoms with van der Waals surface area (Å²) in [4.78, 5) is 22.8. The molecule has 0 unspecified atom stereocenters. The van der Waals surface area contributed by atoms with Gasteiger partial charge in [-0.3, -0.25) is 9.59 Å². The summed E-state index contributed by atoms with van der Waals surface area (Å²) in [7, 11) is 1.58. The van der Waals surface area contributed by atoms with Crippen molar-refractivity contribution in [2.75, 3.05) is 7.11 Å². The summed E-state index contributed by atoms with van der Waals surface area (Å²) in [5.74, 6) is 0.670. The summed E-state index contributed by atoms with van der Waals surface area (Å²) >= 11 is 0. The first-order valence-corrected chi connectivity index (χ1v) is 7.14. The third kappa shape index (κ3) is 2.17. The number of ether oxygens (including phenoxy) is 2. The van der Waals surface area contributed by atoms with E-state index in [0.717, 1.165) is 5.56 Å². The molecule has 1 saturated carbocycles. The monoisotopic (exact) mass is 290 g/mol. The van der Waals surface area contributed by atoms with Gasteiger partial charge in [-0.05, 0) is 18.9 Å². The van der Waals surface area contributed by atoms with Gasteiger partial charge < -0.3 is 14.6 Å². The number of hydrogen-bond donors (Lipinski definition) is 1. The molecule has 0 aromatic heterocycles. The van der Waals surface area contributed by atoms with Crippen molar-refractivity contribution < 1.29 is 24.2 Å². The van der Waals surface area contributed by atoms with Gasteiger partial charge in [0, 0.05) is 30.2 Å². The molecule has 0 bridgehead atoms. The zero-order chi connectivity index (χ0) is 15.0. The van der Waals surface area contributed by atoms with Crippen molar-refractivity contribution in [3.8, 4) is 11.5 Å². The smallest absolute Gasteiger partial charge is 0.303 e. The van der Waals surface area contributed by atoms with E-state index in [9.17, 15) is 9.59 Å². The van der Waals surface area contributed by atoms with Crippen molar-refractivity contribution in [1.29, 1.82) is 0 Å². The summed E-state index contributed by atoms with van der Waals surface area (Å²) in [6.07, 6.45) is 1.76. The summed E-state index contributed by atoms with van der Waals surface area (Å²) < 4.78 is 11.3. The second kappa shape index (κ2) is 5.06. The van der Waals surface area contributed by atoms with Crippen LogP contribution >= 0.6 is 0 Å². The lowest BCUT2D eigenvalue weighted by Crippen LogP contribution is -2.44. The van der Waals surface area contributed by atoms with Gasteiger partial charge in [-0.25, -0.2) is 0 Å². The van der Waals surface area contributed by atoms with E-state index < -0.39 is 5.97 Å². The highest BCUT2D eigenvalue weighted by Gasteiger charge is 2.52. The maximum Gasteiger partial charge on any atom is 0.303 e. The Kier molecular flexibility index (Phi) is 3.35. The minimum absolute atomic E-state index is 0.0741. The zero-order valence-electron chi connectivity index (χ0n) is 11.9. The van der Waals surface area contributed by atoms with E-state index in [4.69, 9.17) is 14.6 Å². The maximum atomic E-state index is 11.8. The van der Waals surface area contributed by atoms with Crippen molar-refractivity contribution in [1.82, 2.24) is 0 Å². The van der Waals surface area contributed by atoms with Crippen molar-refractivity contribution in [2.24, 2.45) is 0 Å². The number of para-hydroxylation sites is 1. The van der Waals surface area contributed by atoms with Crippen LogP contribution in [0, 0.1) is 0 Å². The first-order chi connectivity index (χ1) is 10.1. The summed E-state index contributed by atoms with van der Waals surface area (Å²) in [6, 6.07) is 5.68. The van der Waals surface area contributed by atoms with Crippen molar-refractivity contribution in [3.63, 3.8) is 0 Å². The molecule has 1 aliphatic heterocycles. The van der Waals surface area contributed by atoms with Gasteiger partial charge in [0.25, 0.3) is 0 Å². The van der Waals surface area contributed by atoms with E-state index >= 15 is 0 Å². The van der Waals surface area contributed by atoms with Crippen LogP contribution in [0.4, 0.5) is 0 Å². The fourth-order valence-corrected chi connectivity index (χ4v) is 3.57. The number of carboxylic acid groups (broad SMARTS) is 1. The fourth-order valence-electron chi connectivity index (χ4n) is 3.57. The summed E-state index contributed by atoms with van der Waals surface area (Å²) in [6.45, 7) is 0. The number of hydrogen-bond acceptors (Lipinski definition) is 4. The van der Waals surface area contributed by atoms with Gasteiger partial charge >= 0.3 is 5.97 Å². The zero-order valence-corrected chi connectivity index (χ0v) is 11.9. The molecular formula is C16H18O5. The second-order valence-electron chi connectivity index (χ2n) is 5.74. The topological polar surface area (TPSA) is 72.8 Å². The predicted molar refractivity (Wildman–Crippen MR) is 74.8 cm³/mol. The van der Waals surface area contributed by atoms with Gasteiger partial charge in [0.15, 0.2) is 11.5 Å². The quantitative estimate of drug-likeness (QED) is 0.921. The Morgan fingerprint density at radius 1 is 1.52 bits per heavy atom. The first kappa shape index (κ1) is 13.9. The molecule has 0 amide bonds. The number of carbonyl (C=O) groups is 2. The van der Waals surface area contributed by atoms with Crippen LogP contribution in [0.1, 0.15) is 37.7 Å². The van der Waals surface area contributed by atoms with Gasteiger partial charge in [-0.2, -0.15) is 0 Å². The standard InChI is InChI=1S/C16H18O5/c1-20-12-4-2-3-11-15(12)21-13-9-10(17)5-7-16(11,13)8-6-14(18)19/h2-4,13H,5-9H2,1H3,(H,18,19)/t13-,16+/m0/s1. The average Bonchev–Trinajstić information content (AvgIpc) is 2.79. The Balaban J connectivity index is 2.04. The molecule has 1 fully saturated rings. The number of Topliss-reactive ketones (excluding diaryl/α,β-unsaturated/α-hetero) is 1.